The van der Waals surface area contributed by atoms with Gasteiger partial charge < -0.3 is 5.32 Å². The van der Waals surface area contributed by atoms with Crippen LogP contribution in [0.15, 0.2) is 45.8 Å². The van der Waals surface area contributed by atoms with Crippen LogP contribution in [0.25, 0.3) is 0 Å². The van der Waals surface area contributed by atoms with Crippen LogP contribution < -0.4 is 5.32 Å². The van der Waals surface area contributed by atoms with E-state index in [9.17, 15) is 13.2 Å². The summed E-state index contributed by atoms with van der Waals surface area (Å²) in [6.07, 6.45) is 3.86. The van der Waals surface area contributed by atoms with Gasteiger partial charge in [0.05, 0.1) is 4.90 Å². The van der Waals surface area contributed by atoms with Gasteiger partial charge >= 0.3 is 0 Å². The van der Waals surface area contributed by atoms with Gasteiger partial charge in [-0.3, -0.25) is 4.79 Å². The van der Waals surface area contributed by atoms with Crippen LogP contribution in [0.1, 0.15) is 47.2 Å². The number of nitrogens with one attached hydrogen (secondary N) is 1. The molecule has 1 amide bonds. The fourth-order valence-corrected chi connectivity index (χ4v) is 5.15. The van der Waals surface area contributed by atoms with Gasteiger partial charge in [-0.1, -0.05) is 34.8 Å². The number of hydrogen-bond donors (Lipinski definition) is 1. The number of anilines is 1. The van der Waals surface area contributed by atoms with E-state index in [0.29, 0.717) is 24.3 Å². The average Bonchev–Trinajstić information content (AvgIpc) is 2.95. The molecule has 0 unspecified atom stereocenters. The molecule has 1 N–H and O–H groups in total. The minimum absolute atomic E-state index is 0.178. The first-order valence-electron chi connectivity index (χ1n) is 9.47. The molecular formula is C21H25BrN2O3S. The largest absolute Gasteiger partial charge is 0.322 e. The lowest BCUT2D eigenvalue weighted by molar-refractivity contribution is 0.102. The molecule has 2 aromatic rings. The van der Waals surface area contributed by atoms with Crippen molar-refractivity contribution < 1.29 is 13.2 Å². The van der Waals surface area contributed by atoms with Crippen molar-refractivity contribution in [1.82, 2.24) is 4.31 Å². The number of amides is 1. The number of carbonyl (C=O) groups is 1. The average molecular weight is 465 g/mol. The lowest BCUT2D eigenvalue weighted by Gasteiger charge is -2.20. The molecule has 0 atom stereocenters. The number of nitrogens with zero attached hydrogens (tertiary/aromatic N) is 1. The van der Waals surface area contributed by atoms with E-state index in [4.69, 9.17) is 0 Å². The van der Waals surface area contributed by atoms with Crippen LogP contribution in [-0.2, 0) is 10.0 Å². The Kier molecular flexibility index (Phi) is 6.58. The van der Waals surface area contributed by atoms with E-state index in [-0.39, 0.29) is 10.8 Å². The monoisotopic (exact) mass is 464 g/mol. The van der Waals surface area contributed by atoms with Crippen LogP contribution in [0.3, 0.4) is 0 Å². The molecule has 28 heavy (non-hydrogen) atoms. The third-order valence-corrected chi connectivity index (χ3v) is 7.86. The quantitative estimate of drug-likeness (QED) is 0.700. The first-order chi connectivity index (χ1) is 13.3. The highest BCUT2D eigenvalue weighted by Crippen LogP contribution is 2.24. The molecule has 0 radical (unpaired) electrons. The Morgan fingerprint density at radius 3 is 2.29 bits per heavy atom. The van der Waals surface area contributed by atoms with Crippen LogP contribution >= 0.6 is 15.9 Å². The van der Waals surface area contributed by atoms with Gasteiger partial charge in [0.2, 0.25) is 10.0 Å². The summed E-state index contributed by atoms with van der Waals surface area (Å²) in [5, 5.41) is 2.87. The Morgan fingerprint density at radius 2 is 1.64 bits per heavy atom. The van der Waals surface area contributed by atoms with Crippen LogP contribution in [0.5, 0.6) is 0 Å². The molecule has 0 spiro atoms. The second-order valence-electron chi connectivity index (χ2n) is 7.21. The Labute approximate surface area is 175 Å². The molecule has 1 saturated heterocycles. The summed E-state index contributed by atoms with van der Waals surface area (Å²) in [6.45, 7) is 4.83. The number of rotatable bonds is 4. The summed E-state index contributed by atoms with van der Waals surface area (Å²) in [5.41, 5.74) is 2.79. The van der Waals surface area contributed by atoms with E-state index >= 15 is 0 Å². The van der Waals surface area contributed by atoms with E-state index < -0.39 is 10.0 Å². The van der Waals surface area contributed by atoms with E-state index in [0.717, 1.165) is 41.3 Å². The van der Waals surface area contributed by atoms with E-state index in [2.05, 4.69) is 21.2 Å². The molecule has 0 aromatic heterocycles. The molecule has 3 rings (SSSR count). The molecule has 7 heteroatoms. The smallest absolute Gasteiger partial charge is 0.255 e. The van der Waals surface area contributed by atoms with Gasteiger partial charge in [-0.2, -0.15) is 4.31 Å². The van der Waals surface area contributed by atoms with Crippen LogP contribution in [0.4, 0.5) is 5.69 Å². The maximum absolute atomic E-state index is 13.1. The minimum atomic E-state index is -3.60. The fraction of sp³-hybridized carbons (Fsp3) is 0.381. The number of halogens is 1. The predicted molar refractivity (Wildman–Crippen MR) is 115 cm³/mol. The molecular weight excluding hydrogens is 440 g/mol. The minimum Gasteiger partial charge on any atom is -0.322 e. The van der Waals surface area contributed by atoms with Gasteiger partial charge in [0.15, 0.2) is 0 Å². The molecule has 150 valence electrons. The Bertz CT molecular complexity index is 981. The summed E-state index contributed by atoms with van der Waals surface area (Å²) >= 11 is 3.44. The number of benzene rings is 2. The number of hydrogen-bond acceptors (Lipinski definition) is 3. The molecule has 1 aliphatic rings. The summed E-state index contributed by atoms with van der Waals surface area (Å²) in [4.78, 5) is 13.0. The van der Waals surface area contributed by atoms with Crippen molar-refractivity contribution in [3.8, 4) is 0 Å². The number of aryl methyl sites for hydroxylation is 2. The lowest BCUT2D eigenvalue weighted by atomic mass is 10.1. The zero-order chi connectivity index (χ0) is 20.3. The number of carbonyl (C=O) groups excluding carboxylic acids is 1. The molecule has 0 saturated carbocycles. The molecule has 5 nitrogen and oxygen atoms in total. The van der Waals surface area contributed by atoms with Crippen molar-refractivity contribution in [3.05, 3.63) is 57.6 Å². The summed E-state index contributed by atoms with van der Waals surface area (Å²) in [5.74, 6) is -0.313. The first-order valence-corrected chi connectivity index (χ1v) is 11.7. The van der Waals surface area contributed by atoms with Crippen LogP contribution in [-0.4, -0.2) is 31.7 Å². The van der Waals surface area contributed by atoms with E-state index in [1.54, 1.807) is 16.4 Å². The van der Waals surface area contributed by atoms with Gasteiger partial charge in [-0.25, -0.2) is 8.42 Å². The SMILES string of the molecule is Cc1cc(NC(=O)c2cc(S(=O)(=O)N3CCCCCC3)ccc2C)ccc1Br. The van der Waals surface area contributed by atoms with Crippen molar-refractivity contribution in [1.29, 1.82) is 0 Å². The highest BCUT2D eigenvalue weighted by Gasteiger charge is 2.26. The maximum atomic E-state index is 13.1. The van der Waals surface area contributed by atoms with Crippen molar-refractivity contribution in [2.45, 2.75) is 44.4 Å². The van der Waals surface area contributed by atoms with Gasteiger partial charge in [0.1, 0.15) is 0 Å². The molecule has 1 aliphatic heterocycles. The van der Waals surface area contributed by atoms with E-state index in [1.807, 2.05) is 32.0 Å². The van der Waals surface area contributed by atoms with Crippen molar-refractivity contribution in [2.75, 3.05) is 18.4 Å². The van der Waals surface area contributed by atoms with Crippen molar-refractivity contribution in [2.24, 2.45) is 0 Å². The van der Waals surface area contributed by atoms with Gasteiger partial charge in [-0.05, 0) is 68.1 Å². The van der Waals surface area contributed by atoms with Gasteiger partial charge in [0, 0.05) is 28.8 Å². The Morgan fingerprint density at radius 1 is 0.964 bits per heavy atom. The maximum Gasteiger partial charge on any atom is 0.255 e. The molecule has 1 heterocycles. The summed E-state index contributed by atoms with van der Waals surface area (Å²) in [6, 6.07) is 10.3. The molecule has 0 bridgehead atoms. The second kappa shape index (κ2) is 8.76. The standard InChI is InChI=1S/C21H25BrN2O3S/c1-15-7-9-18(28(26,27)24-11-5-3-4-6-12-24)14-19(15)21(25)23-17-8-10-20(22)16(2)13-17/h7-10,13-14H,3-6,11-12H2,1-2H3,(H,23,25). The Balaban J connectivity index is 1.88. The Hall–Kier alpha value is -1.70. The third kappa shape index (κ3) is 4.64. The summed E-state index contributed by atoms with van der Waals surface area (Å²) < 4.78 is 28.6. The zero-order valence-corrected chi connectivity index (χ0v) is 18.6. The second-order valence-corrected chi connectivity index (χ2v) is 10.0. The van der Waals surface area contributed by atoms with Crippen molar-refractivity contribution in [3.63, 3.8) is 0 Å². The zero-order valence-electron chi connectivity index (χ0n) is 16.2. The van der Waals surface area contributed by atoms with Crippen molar-refractivity contribution >= 4 is 37.5 Å². The molecule has 0 aliphatic carbocycles. The third-order valence-electron chi connectivity index (χ3n) is 5.07. The molecule has 2 aromatic carbocycles. The topological polar surface area (TPSA) is 66.5 Å². The highest BCUT2D eigenvalue weighted by atomic mass is 79.9. The molecule has 1 fully saturated rings. The summed E-state index contributed by atoms with van der Waals surface area (Å²) in [7, 11) is -3.60. The van der Waals surface area contributed by atoms with Gasteiger partial charge in [-0.15, -0.1) is 0 Å². The van der Waals surface area contributed by atoms with E-state index in [1.165, 1.54) is 6.07 Å². The highest BCUT2D eigenvalue weighted by molar-refractivity contribution is 9.10. The van der Waals surface area contributed by atoms with Crippen LogP contribution in [0, 0.1) is 13.8 Å². The predicted octanol–water partition coefficient (Wildman–Crippen LogP) is 4.88. The lowest BCUT2D eigenvalue weighted by Crippen LogP contribution is -2.32. The normalized spacial score (nSPS) is 15.8. The number of sulfonamides is 1. The first kappa shape index (κ1) is 21.0. The van der Waals surface area contributed by atoms with Gasteiger partial charge in [0.25, 0.3) is 5.91 Å². The fourth-order valence-electron chi connectivity index (χ4n) is 3.36. The van der Waals surface area contributed by atoms with Crippen LogP contribution in [0.2, 0.25) is 0 Å².